The molecule has 0 saturated carbocycles. The smallest absolute Gasteiger partial charge is 0.336 e. The molecule has 0 radical (unpaired) electrons. The van der Waals surface area contributed by atoms with Crippen molar-refractivity contribution in [1.29, 1.82) is 0 Å². The van der Waals surface area contributed by atoms with Gasteiger partial charge in [-0.3, -0.25) is 0 Å². The third-order valence-electron chi connectivity index (χ3n) is 2.49. The number of hydrogen-bond donors (Lipinski definition) is 2. The average molecular weight is 343 g/mol. The minimum Gasteiger partial charge on any atom is -0.478 e. The number of nitrogens with one attached hydrogen (secondary N) is 1. The fourth-order valence-electron chi connectivity index (χ4n) is 1.50. The highest BCUT2D eigenvalue weighted by atomic mass is 32.2. The van der Waals surface area contributed by atoms with Gasteiger partial charge in [-0.05, 0) is 18.2 Å². The molecule has 0 aliphatic heterocycles. The highest BCUT2D eigenvalue weighted by molar-refractivity contribution is 7.99. The lowest BCUT2D eigenvalue weighted by Crippen LogP contribution is -2.25. The Hall–Kier alpha value is -1.35. The van der Waals surface area contributed by atoms with Gasteiger partial charge in [-0.15, -0.1) is 23.1 Å². The molecular formula is C13H13NO4S3. The van der Waals surface area contributed by atoms with Crippen LogP contribution < -0.4 is 4.72 Å². The van der Waals surface area contributed by atoms with Crippen LogP contribution in [0.1, 0.15) is 10.4 Å². The molecule has 0 unspecified atom stereocenters. The molecule has 2 aromatic rings. The van der Waals surface area contributed by atoms with Crippen LogP contribution in [0, 0.1) is 0 Å². The Morgan fingerprint density at radius 3 is 2.62 bits per heavy atom. The number of rotatable bonds is 7. The van der Waals surface area contributed by atoms with E-state index in [9.17, 15) is 13.2 Å². The van der Waals surface area contributed by atoms with Crippen molar-refractivity contribution in [1.82, 2.24) is 4.72 Å². The molecule has 2 N–H and O–H groups in total. The Labute approximate surface area is 131 Å². The van der Waals surface area contributed by atoms with Crippen molar-refractivity contribution in [3.05, 3.63) is 47.3 Å². The Kier molecular flexibility index (Phi) is 5.40. The summed E-state index contributed by atoms with van der Waals surface area (Å²) in [4.78, 5) is 11.8. The largest absolute Gasteiger partial charge is 0.478 e. The molecule has 1 aromatic heterocycles. The van der Waals surface area contributed by atoms with E-state index in [1.807, 2.05) is 30.3 Å². The molecule has 5 nitrogen and oxygen atoms in total. The van der Waals surface area contributed by atoms with Crippen LogP contribution in [0.4, 0.5) is 0 Å². The van der Waals surface area contributed by atoms with Crippen molar-refractivity contribution in [2.45, 2.75) is 9.10 Å². The summed E-state index contributed by atoms with van der Waals surface area (Å²) in [6.07, 6.45) is 0. The van der Waals surface area contributed by atoms with Gasteiger partial charge in [0, 0.05) is 22.6 Å². The summed E-state index contributed by atoms with van der Waals surface area (Å²) < 4.78 is 26.4. The number of thiophene rings is 1. The van der Waals surface area contributed by atoms with Crippen LogP contribution in [0.5, 0.6) is 0 Å². The van der Waals surface area contributed by atoms with E-state index in [0.29, 0.717) is 5.75 Å². The topological polar surface area (TPSA) is 83.5 Å². The molecule has 0 atom stereocenters. The molecule has 0 aliphatic rings. The summed E-state index contributed by atoms with van der Waals surface area (Å²) in [5.41, 5.74) is -0.0148. The highest BCUT2D eigenvalue weighted by Crippen LogP contribution is 2.20. The second-order valence-corrected chi connectivity index (χ2v) is 8.09. The molecule has 1 heterocycles. The zero-order valence-electron chi connectivity index (χ0n) is 10.9. The first-order valence-electron chi connectivity index (χ1n) is 5.98. The molecule has 0 spiro atoms. The highest BCUT2D eigenvalue weighted by Gasteiger charge is 2.18. The van der Waals surface area contributed by atoms with Crippen LogP contribution in [0.3, 0.4) is 0 Å². The van der Waals surface area contributed by atoms with Gasteiger partial charge < -0.3 is 5.11 Å². The zero-order valence-corrected chi connectivity index (χ0v) is 13.3. The molecule has 112 valence electrons. The van der Waals surface area contributed by atoms with Gasteiger partial charge in [-0.25, -0.2) is 17.9 Å². The number of aromatic carboxylic acids is 1. The van der Waals surface area contributed by atoms with Crippen molar-refractivity contribution in [3.8, 4) is 0 Å². The minimum absolute atomic E-state index is 0.0148. The van der Waals surface area contributed by atoms with E-state index in [1.54, 1.807) is 11.8 Å². The molecular weight excluding hydrogens is 330 g/mol. The standard InChI is InChI=1S/C13H13NO4S3/c15-13(16)10-8-12(20-9-10)21(17,18)14-6-7-19-11-4-2-1-3-5-11/h1-5,8-9,14H,6-7H2,(H,15,16). The summed E-state index contributed by atoms with van der Waals surface area (Å²) in [7, 11) is -3.64. The number of benzene rings is 1. The van der Waals surface area contributed by atoms with Crippen LogP contribution >= 0.6 is 23.1 Å². The summed E-state index contributed by atoms with van der Waals surface area (Å²) in [5, 5.41) is 10.1. The first-order chi connectivity index (χ1) is 9.99. The Morgan fingerprint density at radius 2 is 2.00 bits per heavy atom. The van der Waals surface area contributed by atoms with Crippen LogP contribution in [-0.2, 0) is 10.0 Å². The maximum absolute atomic E-state index is 12.0. The quantitative estimate of drug-likeness (QED) is 0.596. The maximum Gasteiger partial charge on any atom is 0.336 e. The lowest BCUT2D eigenvalue weighted by Gasteiger charge is -2.04. The second kappa shape index (κ2) is 7.08. The third kappa shape index (κ3) is 4.57. The summed E-state index contributed by atoms with van der Waals surface area (Å²) in [6, 6.07) is 10.8. The number of sulfonamides is 1. The number of carboxylic acids is 1. The van der Waals surface area contributed by atoms with Crippen LogP contribution in [-0.4, -0.2) is 31.8 Å². The van der Waals surface area contributed by atoms with Crippen molar-refractivity contribution < 1.29 is 18.3 Å². The van der Waals surface area contributed by atoms with E-state index in [2.05, 4.69) is 4.72 Å². The van der Waals surface area contributed by atoms with Gasteiger partial charge >= 0.3 is 5.97 Å². The Balaban J connectivity index is 1.88. The Morgan fingerprint density at radius 1 is 1.29 bits per heavy atom. The van der Waals surface area contributed by atoms with Crippen LogP contribution in [0.15, 0.2) is 50.9 Å². The summed E-state index contributed by atoms with van der Waals surface area (Å²) in [5.74, 6) is -0.534. The van der Waals surface area contributed by atoms with Gasteiger partial charge in [0.25, 0.3) is 0 Å². The normalized spacial score (nSPS) is 11.4. The Bertz CT molecular complexity index is 710. The fourth-order valence-corrected chi connectivity index (χ4v) is 4.65. The van der Waals surface area contributed by atoms with E-state index < -0.39 is 16.0 Å². The number of carbonyl (C=O) groups is 1. The van der Waals surface area contributed by atoms with E-state index >= 15 is 0 Å². The number of hydrogen-bond acceptors (Lipinski definition) is 5. The zero-order chi connectivity index (χ0) is 15.3. The van der Waals surface area contributed by atoms with Crippen molar-refractivity contribution >= 4 is 39.1 Å². The molecule has 0 bridgehead atoms. The van der Waals surface area contributed by atoms with Crippen molar-refractivity contribution in [3.63, 3.8) is 0 Å². The van der Waals surface area contributed by atoms with E-state index in [4.69, 9.17) is 5.11 Å². The molecule has 0 fully saturated rings. The third-order valence-corrected chi connectivity index (χ3v) is 6.41. The summed E-state index contributed by atoms with van der Waals surface area (Å²) >= 11 is 2.45. The van der Waals surface area contributed by atoms with Gasteiger partial charge in [0.1, 0.15) is 4.21 Å². The molecule has 0 saturated heterocycles. The van der Waals surface area contributed by atoms with Crippen LogP contribution in [0.25, 0.3) is 0 Å². The lowest BCUT2D eigenvalue weighted by molar-refractivity contribution is 0.0697. The van der Waals surface area contributed by atoms with Crippen LogP contribution in [0.2, 0.25) is 0 Å². The van der Waals surface area contributed by atoms with Gasteiger partial charge in [0.15, 0.2) is 0 Å². The lowest BCUT2D eigenvalue weighted by atomic mass is 10.4. The van der Waals surface area contributed by atoms with Gasteiger partial charge in [0.05, 0.1) is 5.56 Å². The molecule has 8 heteroatoms. The first kappa shape index (κ1) is 16.0. The van der Waals surface area contributed by atoms with Gasteiger partial charge in [-0.2, -0.15) is 0 Å². The van der Waals surface area contributed by atoms with E-state index in [1.165, 1.54) is 11.4 Å². The molecule has 21 heavy (non-hydrogen) atoms. The molecule has 2 rings (SSSR count). The van der Waals surface area contributed by atoms with Gasteiger partial charge in [-0.1, -0.05) is 18.2 Å². The predicted molar refractivity (Wildman–Crippen MR) is 83.6 cm³/mol. The van der Waals surface area contributed by atoms with Crippen molar-refractivity contribution in [2.24, 2.45) is 0 Å². The fraction of sp³-hybridized carbons (Fsp3) is 0.154. The van der Waals surface area contributed by atoms with Crippen molar-refractivity contribution in [2.75, 3.05) is 12.3 Å². The van der Waals surface area contributed by atoms with Gasteiger partial charge in [0.2, 0.25) is 10.0 Å². The first-order valence-corrected chi connectivity index (χ1v) is 9.33. The number of thioether (sulfide) groups is 1. The maximum atomic E-state index is 12.0. The molecule has 1 aromatic carbocycles. The second-order valence-electron chi connectivity index (χ2n) is 4.02. The minimum atomic E-state index is -3.64. The molecule has 0 amide bonds. The average Bonchev–Trinajstić information content (AvgIpc) is 2.96. The predicted octanol–water partition coefficient (Wildman–Crippen LogP) is 2.52. The SMILES string of the molecule is O=C(O)c1csc(S(=O)(=O)NCCSc2ccccc2)c1. The molecule has 0 aliphatic carbocycles. The summed E-state index contributed by atoms with van der Waals surface area (Å²) in [6.45, 7) is 0.280. The monoisotopic (exact) mass is 343 g/mol. The van der Waals surface area contributed by atoms with E-state index in [-0.39, 0.29) is 16.3 Å². The number of carboxylic acid groups (broad SMARTS) is 1. The van der Waals surface area contributed by atoms with E-state index in [0.717, 1.165) is 16.2 Å².